The van der Waals surface area contributed by atoms with Crippen LogP contribution >= 0.6 is 15.9 Å². The summed E-state index contributed by atoms with van der Waals surface area (Å²) in [7, 11) is 0. The molecule has 0 fully saturated rings. The van der Waals surface area contributed by atoms with Gasteiger partial charge in [-0.05, 0) is 49.7 Å². The second kappa shape index (κ2) is 5.89. The van der Waals surface area contributed by atoms with E-state index in [0.29, 0.717) is 21.3 Å². The van der Waals surface area contributed by atoms with Crippen molar-refractivity contribution in [3.8, 4) is 11.5 Å². The first-order chi connectivity index (χ1) is 9.38. The third-order valence-electron chi connectivity index (χ3n) is 2.90. The molecule has 1 atom stereocenters. The first kappa shape index (κ1) is 14.9. The second-order valence-corrected chi connectivity index (χ2v) is 5.52. The smallest absolute Gasteiger partial charge is 0.166 e. The third-order valence-corrected chi connectivity index (χ3v) is 3.39. The van der Waals surface area contributed by atoms with Gasteiger partial charge in [0, 0.05) is 16.1 Å². The minimum Gasteiger partial charge on any atom is -0.454 e. The van der Waals surface area contributed by atoms with Crippen LogP contribution in [-0.2, 0) is 0 Å². The lowest BCUT2D eigenvalue weighted by molar-refractivity contribution is 0.432. The van der Waals surface area contributed by atoms with Crippen LogP contribution in [0.15, 0.2) is 34.8 Å². The number of hydrogen-bond acceptors (Lipinski definition) is 2. The highest BCUT2D eigenvalue weighted by molar-refractivity contribution is 9.10. The topological polar surface area (TPSA) is 35.2 Å². The number of aryl methyl sites for hydroxylation is 1. The molecule has 0 radical (unpaired) electrons. The monoisotopic (exact) mass is 341 g/mol. The van der Waals surface area contributed by atoms with Crippen LogP contribution in [0, 0.1) is 18.6 Å². The Labute approximate surface area is 124 Å². The van der Waals surface area contributed by atoms with Crippen LogP contribution in [0.1, 0.15) is 24.1 Å². The van der Waals surface area contributed by atoms with Gasteiger partial charge in [0.15, 0.2) is 11.6 Å². The Morgan fingerprint density at radius 2 is 1.80 bits per heavy atom. The Bertz CT molecular complexity index is 644. The largest absolute Gasteiger partial charge is 0.454 e. The van der Waals surface area contributed by atoms with Gasteiger partial charge in [-0.2, -0.15) is 0 Å². The predicted octanol–water partition coefficient (Wildman–Crippen LogP) is 4.85. The van der Waals surface area contributed by atoms with Crippen molar-refractivity contribution in [2.45, 2.75) is 19.9 Å². The molecule has 106 valence electrons. The Hall–Kier alpha value is -1.46. The molecule has 20 heavy (non-hydrogen) atoms. The van der Waals surface area contributed by atoms with E-state index < -0.39 is 11.9 Å². The van der Waals surface area contributed by atoms with Crippen molar-refractivity contribution in [3.05, 3.63) is 57.6 Å². The number of benzene rings is 2. The van der Waals surface area contributed by atoms with E-state index >= 15 is 0 Å². The number of hydrogen-bond donors (Lipinski definition) is 1. The van der Waals surface area contributed by atoms with Crippen molar-refractivity contribution in [1.29, 1.82) is 0 Å². The molecule has 0 aliphatic rings. The summed E-state index contributed by atoms with van der Waals surface area (Å²) in [4.78, 5) is 0. The average molecular weight is 342 g/mol. The Morgan fingerprint density at radius 3 is 2.40 bits per heavy atom. The minimum absolute atomic E-state index is 0.0705. The van der Waals surface area contributed by atoms with Crippen LogP contribution in [0.2, 0.25) is 0 Å². The first-order valence-corrected chi connectivity index (χ1v) is 6.86. The van der Waals surface area contributed by atoms with Gasteiger partial charge in [0.2, 0.25) is 0 Å². The predicted molar refractivity (Wildman–Crippen MR) is 77.9 cm³/mol. The Kier molecular flexibility index (Phi) is 4.40. The van der Waals surface area contributed by atoms with E-state index in [2.05, 4.69) is 15.9 Å². The molecule has 0 spiro atoms. The van der Waals surface area contributed by atoms with Crippen LogP contribution in [-0.4, -0.2) is 0 Å². The summed E-state index contributed by atoms with van der Waals surface area (Å²) in [6.45, 7) is 3.33. The van der Waals surface area contributed by atoms with Gasteiger partial charge < -0.3 is 10.5 Å². The normalized spacial score (nSPS) is 12.3. The van der Waals surface area contributed by atoms with E-state index in [1.807, 2.05) is 0 Å². The SMILES string of the molecule is Cc1cc(Oc2ccc(Br)cc2F)c(C(C)N)cc1F. The maximum atomic E-state index is 13.8. The van der Waals surface area contributed by atoms with E-state index in [0.717, 1.165) is 0 Å². The van der Waals surface area contributed by atoms with Gasteiger partial charge in [0.25, 0.3) is 0 Å². The minimum atomic E-state index is -0.503. The summed E-state index contributed by atoms with van der Waals surface area (Å²) < 4.78 is 33.6. The van der Waals surface area contributed by atoms with E-state index in [1.54, 1.807) is 19.9 Å². The number of rotatable bonds is 3. The first-order valence-electron chi connectivity index (χ1n) is 6.07. The van der Waals surface area contributed by atoms with Crippen molar-refractivity contribution in [2.24, 2.45) is 5.73 Å². The van der Waals surface area contributed by atoms with Crippen molar-refractivity contribution >= 4 is 15.9 Å². The van der Waals surface area contributed by atoms with Gasteiger partial charge in [-0.15, -0.1) is 0 Å². The molecule has 2 nitrogen and oxygen atoms in total. The van der Waals surface area contributed by atoms with E-state index in [4.69, 9.17) is 10.5 Å². The molecule has 0 saturated heterocycles. The number of halogens is 3. The summed E-state index contributed by atoms with van der Waals surface area (Å²) in [6, 6.07) is 6.90. The lowest BCUT2D eigenvalue weighted by atomic mass is 10.1. The van der Waals surface area contributed by atoms with Gasteiger partial charge in [-0.3, -0.25) is 0 Å². The molecule has 0 amide bonds. The lowest BCUT2D eigenvalue weighted by Crippen LogP contribution is -2.08. The zero-order valence-electron chi connectivity index (χ0n) is 11.1. The van der Waals surface area contributed by atoms with Crippen LogP contribution in [0.3, 0.4) is 0 Å². The van der Waals surface area contributed by atoms with Gasteiger partial charge in [0.05, 0.1) is 0 Å². The molecule has 0 aliphatic carbocycles. The summed E-state index contributed by atoms with van der Waals surface area (Å²) >= 11 is 3.18. The molecule has 1 unspecified atom stereocenters. The van der Waals surface area contributed by atoms with E-state index in [1.165, 1.54) is 24.3 Å². The number of ether oxygens (including phenoxy) is 1. The molecule has 2 aromatic rings. The highest BCUT2D eigenvalue weighted by Crippen LogP contribution is 2.33. The Balaban J connectivity index is 2.44. The van der Waals surface area contributed by atoms with Gasteiger partial charge >= 0.3 is 0 Å². The maximum absolute atomic E-state index is 13.8. The molecular formula is C15H14BrF2NO. The van der Waals surface area contributed by atoms with E-state index in [-0.39, 0.29) is 11.6 Å². The molecule has 0 aliphatic heterocycles. The molecule has 0 heterocycles. The van der Waals surface area contributed by atoms with Gasteiger partial charge in [0.1, 0.15) is 11.6 Å². The molecule has 2 aromatic carbocycles. The van der Waals surface area contributed by atoms with Gasteiger partial charge in [-0.1, -0.05) is 15.9 Å². The zero-order valence-corrected chi connectivity index (χ0v) is 12.7. The van der Waals surface area contributed by atoms with Crippen LogP contribution < -0.4 is 10.5 Å². The molecule has 2 N–H and O–H groups in total. The average Bonchev–Trinajstić information content (AvgIpc) is 2.36. The van der Waals surface area contributed by atoms with Crippen molar-refractivity contribution < 1.29 is 13.5 Å². The summed E-state index contributed by atoms with van der Waals surface area (Å²) in [5.41, 5.74) is 6.72. The van der Waals surface area contributed by atoms with Crippen molar-refractivity contribution in [2.75, 3.05) is 0 Å². The van der Waals surface area contributed by atoms with Crippen molar-refractivity contribution in [3.63, 3.8) is 0 Å². The number of nitrogens with two attached hydrogens (primary N) is 1. The highest BCUT2D eigenvalue weighted by atomic mass is 79.9. The van der Waals surface area contributed by atoms with Crippen LogP contribution in [0.25, 0.3) is 0 Å². The molecule has 5 heteroatoms. The second-order valence-electron chi connectivity index (χ2n) is 4.60. The Morgan fingerprint density at radius 1 is 1.10 bits per heavy atom. The summed E-state index contributed by atoms with van der Waals surface area (Å²) in [5, 5.41) is 0. The van der Waals surface area contributed by atoms with Crippen LogP contribution in [0.4, 0.5) is 8.78 Å². The van der Waals surface area contributed by atoms with E-state index in [9.17, 15) is 8.78 Å². The third kappa shape index (κ3) is 3.16. The molecular weight excluding hydrogens is 328 g/mol. The zero-order chi connectivity index (χ0) is 14.9. The highest BCUT2D eigenvalue weighted by Gasteiger charge is 2.14. The van der Waals surface area contributed by atoms with Crippen LogP contribution in [0.5, 0.6) is 11.5 Å². The van der Waals surface area contributed by atoms with Gasteiger partial charge in [-0.25, -0.2) is 8.78 Å². The maximum Gasteiger partial charge on any atom is 0.166 e. The fourth-order valence-electron chi connectivity index (χ4n) is 1.79. The summed E-state index contributed by atoms with van der Waals surface area (Å²) in [5.74, 6) is -0.431. The molecule has 2 rings (SSSR count). The summed E-state index contributed by atoms with van der Waals surface area (Å²) in [6.07, 6.45) is 0. The quantitative estimate of drug-likeness (QED) is 0.866. The molecule has 0 bridgehead atoms. The fraction of sp³-hybridized carbons (Fsp3) is 0.200. The standard InChI is InChI=1S/C15H14BrF2NO/c1-8-5-15(11(9(2)19)7-12(8)17)20-14-4-3-10(16)6-13(14)18/h3-7,9H,19H2,1-2H3. The lowest BCUT2D eigenvalue weighted by Gasteiger charge is -2.15. The van der Waals surface area contributed by atoms with Crippen molar-refractivity contribution in [1.82, 2.24) is 0 Å². The molecule has 0 saturated carbocycles. The fourth-order valence-corrected chi connectivity index (χ4v) is 2.12. The molecule has 0 aromatic heterocycles.